The summed E-state index contributed by atoms with van der Waals surface area (Å²) in [5, 5.41) is 6.90. The maximum absolute atomic E-state index is 12.0. The molecule has 3 nitrogen and oxygen atoms in total. The number of nitrogens with zero attached hydrogens (tertiary/aromatic N) is 1. The smallest absolute Gasteiger partial charge is 0.166 e. The quantitative estimate of drug-likeness (QED) is 0.812. The van der Waals surface area contributed by atoms with Gasteiger partial charge in [-0.1, -0.05) is 24.3 Å². The Balaban J connectivity index is 1.99. The Kier molecular flexibility index (Phi) is 2.32. The number of aromatic amines is 1. The second-order valence-corrected chi connectivity index (χ2v) is 4.65. The third-order valence-electron chi connectivity index (χ3n) is 3.53. The highest BCUT2D eigenvalue weighted by molar-refractivity contribution is 5.98. The summed E-state index contributed by atoms with van der Waals surface area (Å²) in [5.41, 5.74) is 4.29. The lowest BCUT2D eigenvalue weighted by Gasteiger charge is -2.22. The molecule has 0 spiro atoms. The van der Waals surface area contributed by atoms with Crippen LogP contribution in [0.15, 0.2) is 30.5 Å². The lowest BCUT2D eigenvalue weighted by molar-refractivity contribution is 0.0964. The van der Waals surface area contributed by atoms with Crippen molar-refractivity contribution in [3.63, 3.8) is 0 Å². The Morgan fingerprint density at radius 3 is 2.94 bits per heavy atom. The van der Waals surface area contributed by atoms with Gasteiger partial charge in [0.1, 0.15) is 0 Å². The van der Waals surface area contributed by atoms with E-state index in [2.05, 4.69) is 29.3 Å². The van der Waals surface area contributed by atoms with Gasteiger partial charge in [-0.25, -0.2) is 0 Å². The Labute approximate surface area is 99.9 Å². The molecule has 0 bridgehead atoms. The molecule has 1 N–H and O–H groups in total. The van der Waals surface area contributed by atoms with Crippen LogP contribution in [0.2, 0.25) is 0 Å². The van der Waals surface area contributed by atoms with Gasteiger partial charge in [0, 0.05) is 12.1 Å². The first-order valence-electron chi connectivity index (χ1n) is 5.86. The number of H-pyrrole nitrogens is 1. The zero-order valence-corrected chi connectivity index (χ0v) is 9.73. The topological polar surface area (TPSA) is 45.8 Å². The van der Waals surface area contributed by atoms with Crippen molar-refractivity contribution in [2.45, 2.75) is 25.7 Å². The zero-order valence-electron chi connectivity index (χ0n) is 9.73. The minimum atomic E-state index is 0.202. The van der Waals surface area contributed by atoms with Gasteiger partial charge in [-0.05, 0) is 30.4 Å². The van der Waals surface area contributed by atoms with Crippen LogP contribution < -0.4 is 0 Å². The van der Waals surface area contributed by atoms with Crippen LogP contribution in [-0.2, 0) is 6.42 Å². The van der Waals surface area contributed by atoms with E-state index in [1.165, 1.54) is 11.1 Å². The number of carbonyl (C=O) groups is 1. The molecule has 1 aromatic carbocycles. The fraction of sp³-hybridized carbons (Fsp3) is 0.286. The van der Waals surface area contributed by atoms with Gasteiger partial charge in [0.25, 0.3) is 0 Å². The predicted octanol–water partition coefficient (Wildman–Crippen LogP) is 2.63. The molecule has 86 valence electrons. The van der Waals surface area contributed by atoms with Gasteiger partial charge in [0.2, 0.25) is 0 Å². The van der Waals surface area contributed by atoms with Crippen LogP contribution in [0.3, 0.4) is 0 Å². The molecule has 2 aromatic rings. The minimum Gasteiger partial charge on any atom is -0.294 e. The average Bonchev–Trinajstić information content (AvgIpc) is 2.78. The molecular formula is C14H14N2O. The Bertz CT molecular complexity index is 571. The van der Waals surface area contributed by atoms with Gasteiger partial charge in [-0.2, -0.15) is 5.10 Å². The number of rotatable bonds is 1. The summed E-state index contributed by atoms with van der Waals surface area (Å²) >= 11 is 0. The number of hydrogen-bond donors (Lipinski definition) is 1. The van der Waals surface area contributed by atoms with Gasteiger partial charge in [-0.3, -0.25) is 9.89 Å². The van der Waals surface area contributed by atoms with Gasteiger partial charge >= 0.3 is 0 Å². The van der Waals surface area contributed by atoms with Crippen molar-refractivity contribution in [2.24, 2.45) is 0 Å². The van der Waals surface area contributed by atoms with Crippen molar-refractivity contribution >= 4 is 5.78 Å². The van der Waals surface area contributed by atoms with E-state index in [4.69, 9.17) is 0 Å². The summed E-state index contributed by atoms with van der Waals surface area (Å²) in [6.45, 7) is 2.10. The molecule has 0 fully saturated rings. The monoisotopic (exact) mass is 226 g/mol. The molecular weight excluding hydrogens is 212 g/mol. The molecule has 3 rings (SSSR count). The lowest BCUT2D eigenvalue weighted by atomic mass is 9.81. The van der Waals surface area contributed by atoms with Gasteiger partial charge in [0.15, 0.2) is 5.78 Å². The number of carbonyl (C=O) groups excluding carboxylic acids is 1. The van der Waals surface area contributed by atoms with E-state index < -0.39 is 0 Å². The highest BCUT2D eigenvalue weighted by atomic mass is 16.1. The van der Waals surface area contributed by atoms with Crippen molar-refractivity contribution < 1.29 is 4.79 Å². The van der Waals surface area contributed by atoms with Crippen LogP contribution in [0.1, 0.15) is 39.5 Å². The summed E-state index contributed by atoms with van der Waals surface area (Å²) in [6.07, 6.45) is 3.12. The second-order valence-electron chi connectivity index (χ2n) is 4.65. The molecule has 0 aliphatic heterocycles. The molecule has 0 saturated carbocycles. The second kappa shape index (κ2) is 3.84. The van der Waals surface area contributed by atoms with E-state index >= 15 is 0 Å². The fourth-order valence-electron chi connectivity index (χ4n) is 2.63. The van der Waals surface area contributed by atoms with Gasteiger partial charge < -0.3 is 0 Å². The summed E-state index contributed by atoms with van der Waals surface area (Å²) in [6, 6.07) is 8.29. The molecule has 17 heavy (non-hydrogen) atoms. The fourth-order valence-corrected chi connectivity index (χ4v) is 2.63. The van der Waals surface area contributed by atoms with Crippen LogP contribution in [0.5, 0.6) is 0 Å². The van der Waals surface area contributed by atoms with Crippen molar-refractivity contribution in [1.29, 1.82) is 0 Å². The van der Waals surface area contributed by atoms with Gasteiger partial charge in [-0.15, -0.1) is 0 Å². The Morgan fingerprint density at radius 1 is 1.29 bits per heavy atom. The first-order chi connectivity index (χ1) is 8.25. The van der Waals surface area contributed by atoms with Crippen molar-refractivity contribution in [3.05, 3.63) is 52.8 Å². The molecule has 1 heterocycles. The first kappa shape index (κ1) is 10.3. The number of hydrogen-bond acceptors (Lipinski definition) is 2. The molecule has 1 aliphatic carbocycles. The van der Waals surface area contributed by atoms with Crippen LogP contribution >= 0.6 is 0 Å². The highest BCUT2D eigenvalue weighted by Crippen LogP contribution is 2.32. The number of aromatic nitrogens is 2. The molecule has 0 radical (unpaired) electrons. The van der Waals surface area contributed by atoms with E-state index in [1.54, 1.807) is 6.20 Å². The third-order valence-corrected chi connectivity index (χ3v) is 3.53. The summed E-state index contributed by atoms with van der Waals surface area (Å²) < 4.78 is 0. The normalized spacial score (nSPS) is 19.1. The van der Waals surface area contributed by atoms with Gasteiger partial charge in [0.05, 0.1) is 11.8 Å². The number of benzene rings is 1. The highest BCUT2D eigenvalue weighted by Gasteiger charge is 2.28. The maximum atomic E-state index is 12.0. The molecule has 0 unspecified atom stereocenters. The van der Waals surface area contributed by atoms with Crippen LogP contribution in [0, 0.1) is 6.92 Å². The van der Waals surface area contributed by atoms with Crippen LogP contribution in [0.4, 0.5) is 0 Å². The molecule has 0 saturated heterocycles. The first-order valence-corrected chi connectivity index (χ1v) is 5.86. The van der Waals surface area contributed by atoms with Crippen LogP contribution in [-0.4, -0.2) is 16.0 Å². The van der Waals surface area contributed by atoms with Crippen molar-refractivity contribution in [2.75, 3.05) is 0 Å². The third kappa shape index (κ3) is 1.68. The Hall–Kier alpha value is -1.90. The average molecular weight is 226 g/mol. The maximum Gasteiger partial charge on any atom is 0.166 e. The lowest BCUT2D eigenvalue weighted by Crippen LogP contribution is -2.18. The number of ketones is 1. The number of aryl methyl sites for hydroxylation is 1. The van der Waals surface area contributed by atoms with Crippen LogP contribution in [0.25, 0.3) is 0 Å². The van der Waals surface area contributed by atoms with E-state index in [-0.39, 0.29) is 11.7 Å². The minimum absolute atomic E-state index is 0.202. The Morgan fingerprint density at radius 2 is 2.12 bits per heavy atom. The van der Waals surface area contributed by atoms with Crippen molar-refractivity contribution in [1.82, 2.24) is 10.2 Å². The largest absolute Gasteiger partial charge is 0.294 e. The molecule has 3 heteroatoms. The van der Waals surface area contributed by atoms with Crippen molar-refractivity contribution in [3.8, 4) is 0 Å². The number of fused-ring (bicyclic) bond motifs is 1. The number of Topliss-reactive ketones (excluding diaryl/α,β-unsaturated/α-hetero) is 1. The zero-order chi connectivity index (χ0) is 11.8. The van der Waals surface area contributed by atoms with E-state index in [0.717, 1.165) is 17.7 Å². The van der Waals surface area contributed by atoms with E-state index in [0.29, 0.717) is 6.42 Å². The molecule has 1 aromatic heterocycles. The molecule has 1 aliphatic rings. The summed E-state index contributed by atoms with van der Waals surface area (Å²) in [5.74, 6) is 0.491. The standard InChI is InChI=1S/C14H14N2O/c1-9-4-2-3-5-11(9)10-6-13-12(8-15-16-13)14(17)7-10/h2-5,8,10H,6-7H2,1H3,(H,15,16)/t10-/m1/s1. The SMILES string of the molecule is Cc1ccccc1[C@H]1CC(=O)c2cn[nH]c2C1. The predicted molar refractivity (Wildman–Crippen MR) is 65.2 cm³/mol. The van der Waals surface area contributed by atoms with E-state index in [9.17, 15) is 4.79 Å². The summed E-state index contributed by atoms with van der Waals surface area (Å²) in [4.78, 5) is 12.0. The number of nitrogens with one attached hydrogen (secondary N) is 1. The summed E-state index contributed by atoms with van der Waals surface area (Å²) in [7, 11) is 0. The molecule has 0 amide bonds. The van der Waals surface area contributed by atoms with E-state index in [1.807, 2.05) is 12.1 Å². The molecule has 1 atom stereocenters.